The van der Waals surface area contributed by atoms with Crippen molar-refractivity contribution in [2.75, 3.05) is 11.5 Å². The minimum absolute atomic E-state index is 0.124. The number of fused-ring (bicyclic) bond motifs is 1. The van der Waals surface area contributed by atoms with Gasteiger partial charge in [-0.25, -0.2) is 4.98 Å². The second-order valence-corrected chi connectivity index (χ2v) is 7.67. The summed E-state index contributed by atoms with van der Waals surface area (Å²) in [5.41, 5.74) is 1.46. The number of ether oxygens (including phenoxy) is 1. The Hall–Kier alpha value is -3.12. The summed E-state index contributed by atoms with van der Waals surface area (Å²) in [6, 6.07) is 18.8. The average Bonchev–Trinajstić information content (AvgIpc) is 3.41. The van der Waals surface area contributed by atoms with E-state index in [1.54, 1.807) is 23.3 Å². The van der Waals surface area contributed by atoms with Gasteiger partial charge in [-0.05, 0) is 55.0 Å². The van der Waals surface area contributed by atoms with Crippen molar-refractivity contribution >= 4 is 32.6 Å². The zero-order valence-corrected chi connectivity index (χ0v) is 17.0. The molecule has 0 atom stereocenters. The maximum absolute atomic E-state index is 13.3. The smallest absolute Gasteiger partial charge is 0.260 e. The second kappa shape index (κ2) is 8.92. The molecule has 29 heavy (non-hydrogen) atoms. The molecule has 6 heteroatoms. The summed E-state index contributed by atoms with van der Waals surface area (Å²) in [6.45, 7) is 3.13. The fraction of sp³-hybridized carbons (Fsp3) is 0.217. The van der Waals surface area contributed by atoms with Crippen LogP contribution < -0.4 is 9.64 Å². The highest BCUT2D eigenvalue weighted by atomic mass is 32.1. The summed E-state index contributed by atoms with van der Waals surface area (Å²) < 4.78 is 12.2. The first-order valence-electron chi connectivity index (χ1n) is 9.67. The van der Waals surface area contributed by atoms with Gasteiger partial charge in [0.1, 0.15) is 11.5 Å². The molecule has 0 N–H and O–H groups in total. The molecule has 5 nitrogen and oxygen atoms in total. The molecule has 0 aliphatic rings. The van der Waals surface area contributed by atoms with Gasteiger partial charge in [0.25, 0.3) is 5.91 Å². The number of para-hydroxylation sites is 1. The lowest BCUT2D eigenvalue weighted by molar-refractivity contribution is 0.0983. The third-order valence-electron chi connectivity index (χ3n) is 4.52. The molecule has 2 aromatic carbocycles. The number of hydrogen-bond donors (Lipinski definition) is 0. The monoisotopic (exact) mass is 406 g/mol. The van der Waals surface area contributed by atoms with E-state index >= 15 is 0 Å². The largest absolute Gasteiger partial charge is 0.494 e. The molecule has 0 fully saturated rings. The minimum atomic E-state index is -0.124. The number of aromatic nitrogens is 1. The summed E-state index contributed by atoms with van der Waals surface area (Å²) in [5, 5.41) is 0.649. The number of nitrogens with zero attached hydrogens (tertiary/aromatic N) is 2. The van der Waals surface area contributed by atoms with Gasteiger partial charge >= 0.3 is 0 Å². The van der Waals surface area contributed by atoms with Crippen LogP contribution in [0.15, 0.2) is 71.3 Å². The van der Waals surface area contributed by atoms with Crippen molar-refractivity contribution in [1.29, 1.82) is 0 Å². The number of hydrogen-bond acceptors (Lipinski definition) is 5. The number of benzene rings is 2. The van der Waals surface area contributed by atoms with Crippen molar-refractivity contribution in [1.82, 2.24) is 4.98 Å². The van der Waals surface area contributed by atoms with Gasteiger partial charge in [-0.2, -0.15) is 0 Å². The lowest BCUT2D eigenvalue weighted by Gasteiger charge is -2.19. The van der Waals surface area contributed by atoms with E-state index in [0.717, 1.165) is 28.8 Å². The quantitative estimate of drug-likeness (QED) is 0.341. The first kappa shape index (κ1) is 19.2. The molecule has 4 aromatic rings. The standard InChI is InChI=1S/C23H22N2O3S/c1-2-3-14-27-18-12-10-17(11-13-18)22(26)25(16-19-7-6-15-28-19)23-24-20-8-4-5-9-21(20)29-23/h4-13,15H,2-3,14,16H2,1H3. The number of amides is 1. The van der Waals surface area contributed by atoms with Crippen molar-refractivity contribution in [2.45, 2.75) is 26.3 Å². The van der Waals surface area contributed by atoms with Gasteiger partial charge in [0.2, 0.25) is 0 Å². The van der Waals surface area contributed by atoms with Crippen molar-refractivity contribution in [3.8, 4) is 5.75 Å². The molecule has 4 rings (SSSR count). The van der Waals surface area contributed by atoms with Crippen LogP contribution in [0.2, 0.25) is 0 Å². The van der Waals surface area contributed by atoms with E-state index in [9.17, 15) is 4.79 Å². The van der Waals surface area contributed by atoms with E-state index in [1.807, 2.05) is 48.5 Å². The summed E-state index contributed by atoms with van der Waals surface area (Å²) in [6.07, 6.45) is 3.70. The number of rotatable bonds is 8. The molecule has 2 heterocycles. The molecular formula is C23H22N2O3S. The fourth-order valence-corrected chi connectivity index (χ4v) is 3.91. The predicted octanol–water partition coefficient (Wildman–Crippen LogP) is 5.92. The normalized spacial score (nSPS) is 10.9. The summed E-state index contributed by atoms with van der Waals surface area (Å²) in [7, 11) is 0. The topological polar surface area (TPSA) is 55.6 Å². The number of unbranched alkanes of at least 4 members (excludes halogenated alkanes) is 1. The average molecular weight is 407 g/mol. The molecule has 0 radical (unpaired) electrons. The molecule has 0 saturated carbocycles. The number of carbonyl (C=O) groups excluding carboxylic acids is 1. The van der Waals surface area contributed by atoms with E-state index in [4.69, 9.17) is 9.15 Å². The van der Waals surface area contributed by atoms with Crippen LogP contribution >= 0.6 is 11.3 Å². The molecule has 0 spiro atoms. The summed E-state index contributed by atoms with van der Waals surface area (Å²) in [5.74, 6) is 1.35. The van der Waals surface area contributed by atoms with E-state index in [0.29, 0.717) is 29.6 Å². The number of thiazole rings is 1. The maximum atomic E-state index is 13.3. The number of anilines is 1. The Bertz CT molecular complexity index is 1040. The first-order valence-corrected chi connectivity index (χ1v) is 10.5. The lowest BCUT2D eigenvalue weighted by atomic mass is 10.2. The molecule has 1 amide bonds. The Labute approximate surface area is 173 Å². The summed E-state index contributed by atoms with van der Waals surface area (Å²) in [4.78, 5) is 19.7. The van der Waals surface area contributed by atoms with Crippen molar-refractivity contribution in [2.24, 2.45) is 0 Å². The Kier molecular flexibility index (Phi) is 5.91. The van der Waals surface area contributed by atoms with Crippen LogP contribution in [0.5, 0.6) is 5.75 Å². The molecule has 0 aliphatic carbocycles. The Morgan fingerprint density at radius 1 is 1.10 bits per heavy atom. The Balaban J connectivity index is 1.60. The van der Waals surface area contributed by atoms with Crippen LogP contribution in [-0.2, 0) is 6.54 Å². The van der Waals surface area contributed by atoms with Gasteiger partial charge in [-0.15, -0.1) is 0 Å². The van der Waals surface area contributed by atoms with Crippen LogP contribution in [-0.4, -0.2) is 17.5 Å². The zero-order valence-electron chi connectivity index (χ0n) is 16.2. The highest BCUT2D eigenvalue weighted by Gasteiger charge is 2.22. The van der Waals surface area contributed by atoms with Gasteiger partial charge in [0.05, 0.1) is 29.6 Å². The molecule has 2 aromatic heterocycles. The molecule has 0 unspecified atom stereocenters. The highest BCUT2D eigenvalue weighted by Crippen LogP contribution is 2.31. The van der Waals surface area contributed by atoms with Crippen molar-refractivity contribution < 1.29 is 13.9 Å². The van der Waals surface area contributed by atoms with Crippen molar-refractivity contribution in [3.05, 3.63) is 78.3 Å². The second-order valence-electron chi connectivity index (χ2n) is 6.66. The maximum Gasteiger partial charge on any atom is 0.260 e. The molecule has 148 valence electrons. The Morgan fingerprint density at radius 2 is 1.93 bits per heavy atom. The Morgan fingerprint density at radius 3 is 2.66 bits per heavy atom. The van der Waals surface area contributed by atoms with Crippen LogP contribution in [0.25, 0.3) is 10.2 Å². The first-order chi connectivity index (χ1) is 14.2. The van der Waals surface area contributed by atoms with E-state index in [-0.39, 0.29) is 5.91 Å². The van der Waals surface area contributed by atoms with Gasteiger partial charge in [0, 0.05) is 5.56 Å². The fourth-order valence-electron chi connectivity index (χ4n) is 2.94. The third-order valence-corrected chi connectivity index (χ3v) is 5.58. The zero-order chi connectivity index (χ0) is 20.1. The van der Waals surface area contributed by atoms with Gasteiger partial charge < -0.3 is 9.15 Å². The van der Waals surface area contributed by atoms with Crippen LogP contribution in [0.4, 0.5) is 5.13 Å². The molecule has 0 saturated heterocycles. The van der Waals surface area contributed by atoms with Gasteiger partial charge in [-0.3, -0.25) is 9.69 Å². The van der Waals surface area contributed by atoms with Crippen LogP contribution in [0.3, 0.4) is 0 Å². The predicted molar refractivity (Wildman–Crippen MR) is 116 cm³/mol. The lowest BCUT2D eigenvalue weighted by Crippen LogP contribution is -2.30. The summed E-state index contributed by atoms with van der Waals surface area (Å²) >= 11 is 1.49. The highest BCUT2D eigenvalue weighted by molar-refractivity contribution is 7.22. The third kappa shape index (κ3) is 4.49. The minimum Gasteiger partial charge on any atom is -0.494 e. The number of carbonyl (C=O) groups is 1. The van der Waals surface area contributed by atoms with Crippen molar-refractivity contribution in [3.63, 3.8) is 0 Å². The van der Waals surface area contributed by atoms with Crippen LogP contribution in [0, 0.1) is 0 Å². The van der Waals surface area contributed by atoms with E-state index < -0.39 is 0 Å². The molecular weight excluding hydrogens is 384 g/mol. The SMILES string of the molecule is CCCCOc1ccc(C(=O)N(Cc2ccco2)c2nc3ccccc3s2)cc1. The molecule has 0 aliphatic heterocycles. The van der Waals surface area contributed by atoms with Gasteiger partial charge in [-0.1, -0.05) is 36.8 Å². The van der Waals surface area contributed by atoms with Crippen LogP contribution in [0.1, 0.15) is 35.9 Å². The van der Waals surface area contributed by atoms with Gasteiger partial charge in [0.15, 0.2) is 5.13 Å². The molecule has 0 bridgehead atoms. The van der Waals surface area contributed by atoms with E-state index in [1.165, 1.54) is 11.3 Å². The van der Waals surface area contributed by atoms with E-state index in [2.05, 4.69) is 11.9 Å². The number of furan rings is 1.